The van der Waals surface area contributed by atoms with Crippen LogP contribution in [0.4, 0.5) is 8.78 Å². The summed E-state index contributed by atoms with van der Waals surface area (Å²) in [5, 5.41) is 0. The molecule has 16 heavy (non-hydrogen) atoms. The molecule has 0 heterocycles. The first-order valence-corrected chi connectivity index (χ1v) is 6.73. The maximum absolute atomic E-state index is 12.3. The maximum atomic E-state index is 12.3. The van der Waals surface area contributed by atoms with Gasteiger partial charge in [0.15, 0.2) is 0 Å². The van der Waals surface area contributed by atoms with E-state index in [-0.39, 0.29) is 0 Å². The van der Waals surface area contributed by atoms with E-state index in [0.717, 1.165) is 11.8 Å². The van der Waals surface area contributed by atoms with Crippen molar-refractivity contribution < 1.29 is 8.78 Å². The first kappa shape index (κ1) is 12.1. The molecule has 0 saturated heterocycles. The molecule has 0 aromatic rings. The summed E-state index contributed by atoms with van der Waals surface area (Å²) in [6.07, 6.45) is 7.87. The van der Waals surface area contributed by atoms with E-state index < -0.39 is 6.08 Å². The van der Waals surface area contributed by atoms with Crippen molar-refractivity contribution in [2.45, 2.75) is 58.3 Å². The smallest absolute Gasteiger partial charge is 0.173 e. The normalized spacial score (nSPS) is 34.7. The Morgan fingerprint density at radius 3 is 2.19 bits per heavy atom. The summed E-state index contributed by atoms with van der Waals surface area (Å²) in [7, 11) is 0. The molecule has 0 spiro atoms. The molecule has 2 fully saturated rings. The Kier molecular flexibility index (Phi) is 3.99. The largest absolute Gasteiger partial charge is 0.269 e. The fraction of sp³-hybridized carbons (Fsp3) is 0.857. The van der Waals surface area contributed by atoms with E-state index in [4.69, 9.17) is 0 Å². The Morgan fingerprint density at radius 2 is 1.69 bits per heavy atom. The minimum absolute atomic E-state index is 0.431. The van der Waals surface area contributed by atoms with Crippen LogP contribution in [0, 0.1) is 17.8 Å². The lowest BCUT2D eigenvalue weighted by Crippen LogP contribution is -2.28. The van der Waals surface area contributed by atoms with Gasteiger partial charge in [-0.3, -0.25) is 0 Å². The van der Waals surface area contributed by atoms with E-state index in [1.54, 1.807) is 0 Å². The summed E-state index contributed by atoms with van der Waals surface area (Å²) in [4.78, 5) is 0. The zero-order valence-corrected chi connectivity index (χ0v) is 10.1. The van der Waals surface area contributed by atoms with Crippen LogP contribution in [0.5, 0.6) is 0 Å². The molecule has 2 heteroatoms. The van der Waals surface area contributed by atoms with Crippen LogP contribution in [-0.4, -0.2) is 0 Å². The summed E-state index contributed by atoms with van der Waals surface area (Å²) in [6, 6.07) is 0. The summed E-state index contributed by atoms with van der Waals surface area (Å²) in [6.45, 7) is 2.25. The minimum Gasteiger partial charge on any atom is -0.173 e. The molecular formula is C14H22F2. The molecule has 0 amide bonds. The maximum Gasteiger partial charge on any atom is 0.269 e. The van der Waals surface area contributed by atoms with E-state index in [0.29, 0.717) is 24.3 Å². The van der Waals surface area contributed by atoms with Gasteiger partial charge in [0.1, 0.15) is 0 Å². The fourth-order valence-electron chi connectivity index (χ4n) is 3.42. The average Bonchev–Trinajstić information content (AvgIpc) is 2.18. The van der Waals surface area contributed by atoms with Gasteiger partial charge in [-0.15, -0.1) is 0 Å². The van der Waals surface area contributed by atoms with Crippen LogP contribution in [0.1, 0.15) is 58.3 Å². The highest BCUT2D eigenvalue weighted by Gasteiger charge is 2.35. The molecule has 0 aliphatic heterocycles. The van der Waals surface area contributed by atoms with Crippen molar-refractivity contribution >= 4 is 0 Å². The molecule has 0 radical (unpaired) electrons. The fourth-order valence-corrected chi connectivity index (χ4v) is 3.42. The van der Waals surface area contributed by atoms with Crippen LogP contribution in [-0.2, 0) is 0 Å². The minimum atomic E-state index is -1.41. The summed E-state index contributed by atoms with van der Waals surface area (Å²) in [5.74, 6) is 2.25. The van der Waals surface area contributed by atoms with Crippen molar-refractivity contribution in [1.82, 2.24) is 0 Å². The van der Waals surface area contributed by atoms with E-state index in [2.05, 4.69) is 6.92 Å². The quantitative estimate of drug-likeness (QED) is 0.626. The summed E-state index contributed by atoms with van der Waals surface area (Å²) >= 11 is 0. The predicted octanol–water partition coefficient (Wildman–Crippen LogP) is 5.15. The van der Waals surface area contributed by atoms with Gasteiger partial charge in [-0.25, -0.2) is 0 Å². The van der Waals surface area contributed by atoms with Crippen LogP contribution in [0.3, 0.4) is 0 Å². The molecule has 2 aliphatic carbocycles. The van der Waals surface area contributed by atoms with Crippen molar-refractivity contribution in [2.24, 2.45) is 17.8 Å². The molecule has 0 atom stereocenters. The zero-order valence-electron chi connectivity index (χ0n) is 10.1. The third-order valence-electron chi connectivity index (χ3n) is 4.54. The molecule has 0 aromatic carbocycles. The van der Waals surface area contributed by atoms with Crippen molar-refractivity contribution in [3.05, 3.63) is 11.7 Å². The van der Waals surface area contributed by atoms with E-state index in [9.17, 15) is 8.78 Å². The Morgan fingerprint density at radius 1 is 1.06 bits per heavy atom. The van der Waals surface area contributed by atoms with Gasteiger partial charge in [-0.05, 0) is 49.0 Å². The number of allylic oxidation sites excluding steroid dienone is 1. The molecule has 92 valence electrons. The van der Waals surface area contributed by atoms with Gasteiger partial charge < -0.3 is 0 Å². The Bertz CT molecular complexity index is 250. The standard InChI is InChI=1S/C14H22F2/c1-2-3-10-4-6-11(7-5-10)12-8-13(9-12)14(15)16/h10-12H,2-9H2,1H3. The SMILES string of the molecule is CCCC1CCC(C2CC(=C(F)F)C2)CC1. The second-order valence-corrected chi connectivity index (χ2v) is 5.60. The van der Waals surface area contributed by atoms with Crippen molar-refractivity contribution in [3.8, 4) is 0 Å². The molecule has 2 rings (SSSR count). The zero-order chi connectivity index (χ0) is 11.5. The van der Waals surface area contributed by atoms with Crippen molar-refractivity contribution in [2.75, 3.05) is 0 Å². The Hall–Kier alpha value is -0.400. The van der Waals surface area contributed by atoms with Crippen LogP contribution in [0.15, 0.2) is 11.7 Å². The van der Waals surface area contributed by atoms with Crippen LogP contribution >= 0.6 is 0 Å². The van der Waals surface area contributed by atoms with E-state index >= 15 is 0 Å². The molecule has 0 aromatic heterocycles. The second-order valence-electron chi connectivity index (χ2n) is 5.60. The van der Waals surface area contributed by atoms with E-state index in [1.165, 1.54) is 38.5 Å². The third-order valence-corrected chi connectivity index (χ3v) is 4.54. The van der Waals surface area contributed by atoms with Crippen LogP contribution in [0.2, 0.25) is 0 Å². The monoisotopic (exact) mass is 228 g/mol. The van der Waals surface area contributed by atoms with Crippen molar-refractivity contribution in [3.63, 3.8) is 0 Å². The first-order valence-electron chi connectivity index (χ1n) is 6.73. The molecule has 2 saturated carbocycles. The van der Waals surface area contributed by atoms with Gasteiger partial charge in [0.05, 0.1) is 0 Å². The molecule has 2 aliphatic rings. The average molecular weight is 228 g/mol. The van der Waals surface area contributed by atoms with Gasteiger partial charge in [0, 0.05) is 0 Å². The van der Waals surface area contributed by atoms with E-state index in [1.807, 2.05) is 0 Å². The third kappa shape index (κ3) is 2.64. The molecule has 0 nitrogen and oxygen atoms in total. The van der Waals surface area contributed by atoms with Gasteiger partial charge in [-0.1, -0.05) is 32.6 Å². The van der Waals surface area contributed by atoms with Gasteiger partial charge in [0.2, 0.25) is 0 Å². The lowest BCUT2D eigenvalue weighted by Gasteiger charge is -2.39. The van der Waals surface area contributed by atoms with Gasteiger partial charge >= 0.3 is 0 Å². The number of hydrogen-bond acceptors (Lipinski definition) is 0. The molecule has 0 N–H and O–H groups in total. The van der Waals surface area contributed by atoms with Crippen LogP contribution in [0.25, 0.3) is 0 Å². The van der Waals surface area contributed by atoms with Gasteiger partial charge in [0.25, 0.3) is 6.08 Å². The highest BCUT2D eigenvalue weighted by molar-refractivity contribution is 5.14. The number of halogens is 2. The highest BCUT2D eigenvalue weighted by Crippen LogP contribution is 2.46. The molecular weight excluding hydrogens is 206 g/mol. The van der Waals surface area contributed by atoms with Gasteiger partial charge in [-0.2, -0.15) is 8.78 Å². The topological polar surface area (TPSA) is 0 Å². The molecule has 0 unspecified atom stereocenters. The Labute approximate surface area is 97.1 Å². The summed E-state index contributed by atoms with van der Waals surface area (Å²) < 4.78 is 24.5. The number of rotatable bonds is 3. The Balaban J connectivity index is 1.73. The second kappa shape index (κ2) is 5.29. The number of hydrogen-bond donors (Lipinski definition) is 0. The predicted molar refractivity (Wildman–Crippen MR) is 62.3 cm³/mol. The first-order chi connectivity index (χ1) is 7.70. The summed E-state index contributed by atoms with van der Waals surface area (Å²) in [5.41, 5.74) is 0.431. The lowest BCUT2D eigenvalue weighted by atomic mass is 9.66. The van der Waals surface area contributed by atoms with Crippen molar-refractivity contribution in [1.29, 1.82) is 0 Å². The highest BCUT2D eigenvalue weighted by atomic mass is 19.3. The lowest BCUT2D eigenvalue weighted by molar-refractivity contribution is 0.162. The molecule has 0 bridgehead atoms. The van der Waals surface area contributed by atoms with Crippen LogP contribution < -0.4 is 0 Å².